The van der Waals surface area contributed by atoms with E-state index in [1.165, 1.54) is 0 Å². The van der Waals surface area contributed by atoms with Gasteiger partial charge in [0.1, 0.15) is 29.4 Å². The van der Waals surface area contributed by atoms with Crippen molar-refractivity contribution in [3.8, 4) is 5.75 Å². The summed E-state index contributed by atoms with van der Waals surface area (Å²) in [6.45, 7) is 8.19. The zero-order chi connectivity index (χ0) is 35.3. The zero-order valence-corrected chi connectivity index (χ0v) is 29.6. The molecule has 5 rings (SSSR count). The van der Waals surface area contributed by atoms with Gasteiger partial charge in [-0.3, -0.25) is 19.1 Å². The first-order chi connectivity index (χ1) is 23.3. The Bertz CT molecular complexity index is 1610. The first-order valence-electron chi connectivity index (χ1n) is 16.0. The van der Waals surface area contributed by atoms with Crippen LogP contribution >= 0.6 is 11.3 Å². The molecule has 0 saturated carbocycles. The number of nitrogens with zero attached hydrogens (tertiary/aromatic N) is 4. The predicted molar refractivity (Wildman–Crippen MR) is 184 cm³/mol. The molecule has 4 heterocycles. The van der Waals surface area contributed by atoms with Crippen molar-refractivity contribution in [1.82, 2.24) is 20.7 Å². The van der Waals surface area contributed by atoms with E-state index in [2.05, 4.69) is 25.1 Å². The second-order valence-electron chi connectivity index (χ2n) is 13.0. The van der Waals surface area contributed by atoms with Crippen LogP contribution in [0.1, 0.15) is 63.3 Å². The van der Waals surface area contributed by atoms with E-state index in [1.54, 1.807) is 33.3 Å². The fourth-order valence-corrected chi connectivity index (χ4v) is 7.14. The lowest BCUT2D eigenvalue weighted by atomic mass is 9.76. The number of hydrogen-bond donors (Lipinski definition) is 5. The number of amidine groups is 1. The van der Waals surface area contributed by atoms with Gasteiger partial charge in [-0.15, -0.1) is 15.6 Å². The molecule has 268 valence electrons. The van der Waals surface area contributed by atoms with Crippen molar-refractivity contribution in [2.24, 2.45) is 21.3 Å². The summed E-state index contributed by atoms with van der Waals surface area (Å²) in [4.78, 5) is 40.7. The van der Waals surface area contributed by atoms with Gasteiger partial charge in [-0.1, -0.05) is 5.16 Å². The molecule has 4 atom stereocenters. The van der Waals surface area contributed by atoms with E-state index in [4.69, 9.17) is 35.3 Å². The molecule has 1 aromatic heterocycles. The Kier molecular flexibility index (Phi) is 11.6. The Morgan fingerprint density at radius 2 is 2.10 bits per heavy atom. The summed E-state index contributed by atoms with van der Waals surface area (Å²) in [6, 6.07) is 4.73. The number of amides is 2. The number of aryl methyl sites for hydroxylation is 1. The molecular formula is C31H44N8O8S2. The molecular weight excluding hydrogens is 677 g/mol. The number of carbonyl (C=O) groups excluding carboxylic acids is 2. The van der Waals surface area contributed by atoms with E-state index in [9.17, 15) is 13.8 Å². The number of fused-ring (bicyclic) bond motifs is 1. The molecule has 0 spiro atoms. The first kappa shape index (κ1) is 36.6. The average Bonchev–Trinajstić information content (AvgIpc) is 3.52. The smallest absolute Gasteiger partial charge is 0.325 e. The summed E-state index contributed by atoms with van der Waals surface area (Å²) >= 11 is -1.60. The highest BCUT2D eigenvalue weighted by Crippen LogP contribution is 2.35. The number of hydroxylamine groups is 2. The normalized spacial score (nSPS) is 23.1. The minimum Gasteiger partial charge on any atom is -0.486 e. The molecule has 3 aliphatic heterocycles. The number of aliphatic imine (C=N–C) groups is 1. The molecule has 3 aliphatic rings. The van der Waals surface area contributed by atoms with Crippen LogP contribution in [0.5, 0.6) is 5.75 Å². The van der Waals surface area contributed by atoms with Crippen LogP contribution in [-0.2, 0) is 41.2 Å². The Morgan fingerprint density at radius 3 is 2.76 bits per heavy atom. The molecule has 0 radical (unpaired) electrons. The van der Waals surface area contributed by atoms with Crippen molar-refractivity contribution < 1.29 is 36.9 Å². The van der Waals surface area contributed by atoms with Crippen LogP contribution in [0.4, 0.5) is 5.13 Å². The summed E-state index contributed by atoms with van der Waals surface area (Å²) in [5, 5.41) is 12.7. The topological polar surface area (TPSA) is 225 Å². The fraction of sp³-hybridized carbons (Fsp3) is 0.581. The van der Waals surface area contributed by atoms with Crippen molar-refractivity contribution in [3.63, 3.8) is 0 Å². The number of oxime groups is 1. The van der Waals surface area contributed by atoms with Crippen LogP contribution in [0, 0.1) is 5.41 Å². The summed E-state index contributed by atoms with van der Waals surface area (Å²) < 4.78 is 36.4. The van der Waals surface area contributed by atoms with E-state index in [-0.39, 0.29) is 28.1 Å². The number of nitrogen functional groups attached to an aromatic ring is 1. The van der Waals surface area contributed by atoms with Crippen LogP contribution in [0.2, 0.25) is 0 Å². The maximum Gasteiger partial charge on any atom is 0.325 e. The lowest BCUT2D eigenvalue weighted by Crippen LogP contribution is -2.76. The number of piperidine rings is 1. The second-order valence-corrected chi connectivity index (χ2v) is 14.5. The number of ether oxygens (including phenoxy) is 2. The minimum absolute atomic E-state index is 0.0754. The molecule has 2 amide bonds. The van der Waals surface area contributed by atoms with Crippen LogP contribution in [0.15, 0.2) is 33.7 Å². The van der Waals surface area contributed by atoms with Gasteiger partial charge in [-0.05, 0) is 95.1 Å². The lowest BCUT2D eigenvalue weighted by Gasteiger charge is -2.50. The molecule has 7 N–H and O–H groups in total. The molecule has 2 saturated heterocycles. The van der Waals surface area contributed by atoms with Crippen molar-refractivity contribution in [1.29, 1.82) is 0 Å². The Morgan fingerprint density at radius 1 is 1.35 bits per heavy atom. The van der Waals surface area contributed by atoms with Gasteiger partial charge in [0.2, 0.25) is 0 Å². The Balaban J connectivity index is 1.23. The highest BCUT2D eigenvalue weighted by atomic mass is 32.2. The number of anilines is 1. The monoisotopic (exact) mass is 720 g/mol. The minimum atomic E-state index is -2.71. The van der Waals surface area contributed by atoms with Gasteiger partial charge < -0.3 is 36.4 Å². The standard InChI is InChI=1S/C31H44N8O8S2/c1-18(46-38-24(21-16-48-29(33)36-21)27(40)37-25-28(41)39(30(25,2)3)47-49(42)43)22-7-5-19-15-20(6-8-23(19)45-22)26(32)35-17-31(11-14-44-4)9-12-34-13-10-31/h6,8,15-16,18,22,25,34H,5,7,9-14,17H2,1-4H3,(H2,32,35)(H2,33,36)(H,37,40)(H,42,43)/b38-24-. The molecule has 18 heteroatoms. The molecule has 4 unspecified atom stereocenters. The van der Waals surface area contributed by atoms with Gasteiger partial charge in [0.25, 0.3) is 11.8 Å². The number of aromatic nitrogens is 1. The summed E-state index contributed by atoms with van der Waals surface area (Å²) in [5.41, 5.74) is 13.1. The predicted octanol–water partition coefficient (Wildman–Crippen LogP) is 1.51. The molecule has 0 aliphatic carbocycles. The number of hydrogen-bond acceptors (Lipinski definition) is 13. The van der Waals surface area contributed by atoms with Crippen LogP contribution < -0.4 is 26.8 Å². The van der Waals surface area contributed by atoms with Gasteiger partial charge in [-0.2, -0.15) is 9.27 Å². The zero-order valence-electron chi connectivity index (χ0n) is 28.0. The summed E-state index contributed by atoms with van der Waals surface area (Å²) in [6.07, 6.45) is 3.37. The van der Waals surface area contributed by atoms with Gasteiger partial charge in [-0.25, -0.2) is 4.98 Å². The lowest BCUT2D eigenvalue weighted by molar-refractivity contribution is -0.216. The quantitative estimate of drug-likeness (QED) is 0.0616. The van der Waals surface area contributed by atoms with Crippen LogP contribution in [0.25, 0.3) is 0 Å². The van der Waals surface area contributed by atoms with Gasteiger partial charge in [0, 0.05) is 31.2 Å². The Hall–Kier alpha value is -3.68. The number of methoxy groups -OCH3 is 1. The largest absolute Gasteiger partial charge is 0.486 e. The van der Waals surface area contributed by atoms with Gasteiger partial charge in [0.05, 0.1) is 5.54 Å². The van der Waals surface area contributed by atoms with Crippen LogP contribution in [0.3, 0.4) is 0 Å². The highest BCUT2D eigenvalue weighted by molar-refractivity contribution is 7.74. The number of β-lactam (4-membered cyclic amide) rings is 1. The van der Waals surface area contributed by atoms with Crippen LogP contribution in [-0.4, -0.2) is 99.3 Å². The van der Waals surface area contributed by atoms with Gasteiger partial charge in [0.15, 0.2) is 16.9 Å². The molecule has 16 nitrogen and oxygen atoms in total. The maximum absolute atomic E-state index is 13.4. The summed E-state index contributed by atoms with van der Waals surface area (Å²) in [7, 11) is 1.72. The number of nitrogens with two attached hydrogens (primary N) is 2. The number of nitrogens with one attached hydrogen (secondary N) is 2. The molecule has 1 aromatic carbocycles. The second kappa shape index (κ2) is 15.5. The van der Waals surface area contributed by atoms with Crippen molar-refractivity contribution >= 4 is 51.2 Å². The molecule has 0 bridgehead atoms. The number of thiazole rings is 1. The molecule has 2 aromatic rings. The summed E-state index contributed by atoms with van der Waals surface area (Å²) in [5.74, 6) is -0.255. The van der Waals surface area contributed by atoms with Crippen molar-refractivity contribution in [3.05, 3.63) is 40.4 Å². The highest BCUT2D eigenvalue weighted by Gasteiger charge is 2.57. The fourth-order valence-electron chi connectivity index (χ4n) is 6.20. The third kappa shape index (κ3) is 8.38. The molecule has 2 fully saturated rings. The van der Waals surface area contributed by atoms with E-state index in [0.29, 0.717) is 37.6 Å². The number of benzene rings is 1. The van der Waals surface area contributed by atoms with E-state index in [0.717, 1.165) is 59.9 Å². The SMILES string of the molecule is COCCC1(CN=C(N)c2ccc3c(c2)CCC(C(C)O/N=C(\C(=O)NC2C(=O)N(OS(=O)O)C2(C)C)c2csc(N)n2)O3)CCNCC1. The van der Waals surface area contributed by atoms with E-state index in [1.807, 2.05) is 18.2 Å². The van der Waals surface area contributed by atoms with Crippen molar-refractivity contribution in [2.75, 3.05) is 39.1 Å². The van der Waals surface area contributed by atoms with Crippen molar-refractivity contribution in [2.45, 2.75) is 76.7 Å². The van der Waals surface area contributed by atoms with E-state index >= 15 is 0 Å². The first-order valence-corrected chi connectivity index (χ1v) is 17.9. The number of rotatable bonds is 14. The third-order valence-corrected chi connectivity index (χ3v) is 10.3. The third-order valence-electron chi connectivity index (χ3n) is 9.32. The average molecular weight is 721 g/mol. The Labute approximate surface area is 291 Å². The molecule has 49 heavy (non-hydrogen) atoms. The van der Waals surface area contributed by atoms with Gasteiger partial charge >= 0.3 is 11.4 Å². The number of carbonyl (C=O) groups is 2. The maximum atomic E-state index is 13.4. The van der Waals surface area contributed by atoms with E-state index < -0.39 is 40.9 Å².